The zero-order valence-electron chi connectivity index (χ0n) is 19.9. The molecule has 0 spiro atoms. The quantitative estimate of drug-likeness (QED) is 0.312. The number of hydrogen-bond acceptors (Lipinski definition) is 3. The lowest BCUT2D eigenvalue weighted by Crippen LogP contribution is -2.48. The molecule has 3 aromatic carbocycles. The molecule has 1 aromatic heterocycles. The van der Waals surface area contributed by atoms with Crippen LogP contribution in [-0.4, -0.2) is 52.1 Å². The summed E-state index contributed by atoms with van der Waals surface area (Å²) < 4.78 is 2.38. The van der Waals surface area contributed by atoms with Crippen LogP contribution in [0.1, 0.15) is 36.3 Å². The number of aromatic nitrogens is 2. The number of aryl methyl sites for hydroxylation is 2. The molecule has 1 fully saturated rings. The number of rotatable bonds is 8. The predicted octanol–water partition coefficient (Wildman–Crippen LogP) is 6.05. The third-order valence-electron chi connectivity index (χ3n) is 6.96. The summed E-state index contributed by atoms with van der Waals surface area (Å²) in [6.07, 6.45) is 2.06. The van der Waals surface area contributed by atoms with E-state index in [4.69, 9.17) is 16.6 Å². The molecule has 0 unspecified atom stereocenters. The fourth-order valence-corrected chi connectivity index (χ4v) is 5.42. The molecular formula is C29H33ClN4. The summed E-state index contributed by atoms with van der Waals surface area (Å²) in [6.45, 7) is 8.68. The Morgan fingerprint density at radius 1 is 0.824 bits per heavy atom. The number of benzene rings is 3. The average molecular weight is 473 g/mol. The van der Waals surface area contributed by atoms with E-state index in [-0.39, 0.29) is 0 Å². The van der Waals surface area contributed by atoms with E-state index in [9.17, 15) is 0 Å². The second kappa shape index (κ2) is 10.7. The average Bonchev–Trinajstić information content (AvgIpc) is 3.23. The minimum atomic E-state index is 0.320. The number of imidazole rings is 1. The molecule has 0 amide bonds. The van der Waals surface area contributed by atoms with Crippen LogP contribution < -0.4 is 0 Å². The third kappa shape index (κ3) is 5.05. The van der Waals surface area contributed by atoms with Gasteiger partial charge >= 0.3 is 0 Å². The van der Waals surface area contributed by atoms with Crippen molar-refractivity contribution in [3.63, 3.8) is 0 Å². The molecule has 4 nitrogen and oxygen atoms in total. The maximum absolute atomic E-state index is 6.18. The maximum Gasteiger partial charge on any atom is 0.109 e. The van der Waals surface area contributed by atoms with Gasteiger partial charge in [0.1, 0.15) is 5.82 Å². The van der Waals surface area contributed by atoms with Crippen LogP contribution in [0.25, 0.3) is 11.0 Å². The molecule has 1 aliphatic rings. The Hall–Kier alpha value is -2.66. The van der Waals surface area contributed by atoms with E-state index in [0.717, 1.165) is 68.5 Å². The summed E-state index contributed by atoms with van der Waals surface area (Å²) in [6, 6.07) is 28.2. The molecule has 34 heavy (non-hydrogen) atoms. The van der Waals surface area contributed by atoms with E-state index in [1.807, 2.05) is 12.1 Å². The third-order valence-corrected chi connectivity index (χ3v) is 7.20. The Morgan fingerprint density at radius 2 is 1.47 bits per heavy atom. The Balaban J connectivity index is 1.21. The summed E-state index contributed by atoms with van der Waals surface area (Å²) in [5, 5.41) is 0.752. The molecule has 0 N–H and O–H groups in total. The van der Waals surface area contributed by atoms with E-state index in [2.05, 4.69) is 88.0 Å². The van der Waals surface area contributed by atoms with Gasteiger partial charge in [-0.3, -0.25) is 4.90 Å². The maximum atomic E-state index is 6.18. The zero-order chi connectivity index (χ0) is 23.3. The van der Waals surface area contributed by atoms with Crippen LogP contribution in [0.5, 0.6) is 0 Å². The first-order valence-corrected chi connectivity index (χ1v) is 12.8. The van der Waals surface area contributed by atoms with E-state index >= 15 is 0 Å². The highest BCUT2D eigenvalue weighted by Crippen LogP contribution is 2.29. The lowest BCUT2D eigenvalue weighted by molar-refractivity contribution is 0.108. The monoisotopic (exact) mass is 472 g/mol. The van der Waals surface area contributed by atoms with Gasteiger partial charge < -0.3 is 9.47 Å². The van der Waals surface area contributed by atoms with Gasteiger partial charge in [-0.15, -0.1) is 0 Å². The van der Waals surface area contributed by atoms with Gasteiger partial charge in [-0.25, -0.2) is 4.98 Å². The number of piperazine rings is 1. The van der Waals surface area contributed by atoms with Gasteiger partial charge in [0, 0.05) is 44.2 Å². The lowest BCUT2D eigenvalue weighted by atomic mass is 9.96. The van der Waals surface area contributed by atoms with Crippen LogP contribution in [0.15, 0.2) is 78.9 Å². The number of fused-ring (bicyclic) bond motifs is 1. The highest BCUT2D eigenvalue weighted by Gasteiger charge is 2.26. The smallest absolute Gasteiger partial charge is 0.109 e. The van der Waals surface area contributed by atoms with Gasteiger partial charge in [-0.2, -0.15) is 0 Å². The van der Waals surface area contributed by atoms with Gasteiger partial charge in [-0.05, 0) is 42.3 Å². The minimum absolute atomic E-state index is 0.320. The number of hydrogen-bond donors (Lipinski definition) is 0. The van der Waals surface area contributed by atoms with Crippen LogP contribution in [-0.2, 0) is 13.0 Å². The van der Waals surface area contributed by atoms with Gasteiger partial charge in [0.25, 0.3) is 0 Å². The van der Waals surface area contributed by atoms with Crippen molar-refractivity contribution in [2.24, 2.45) is 0 Å². The summed E-state index contributed by atoms with van der Waals surface area (Å²) in [5.74, 6) is 1.15. The molecule has 4 aromatic rings. The summed E-state index contributed by atoms with van der Waals surface area (Å²) in [4.78, 5) is 10.1. The fourth-order valence-electron chi connectivity index (χ4n) is 5.25. The van der Waals surface area contributed by atoms with Crippen molar-refractivity contribution < 1.29 is 0 Å². The molecule has 0 radical (unpaired) electrons. The Labute approximate surface area is 207 Å². The molecule has 5 rings (SSSR count). The molecule has 0 saturated carbocycles. The topological polar surface area (TPSA) is 24.3 Å². The normalized spacial score (nSPS) is 15.4. The molecule has 176 valence electrons. The van der Waals surface area contributed by atoms with Gasteiger partial charge in [0.2, 0.25) is 0 Å². The standard InChI is InChI=1S/C29H33ClN4/c1-2-28-31-26-22-25(30)14-15-27(26)34(28)17-9-16-32-18-20-33(21-19-32)29(23-10-5-3-6-11-23)24-12-7-4-8-13-24/h3-8,10-15,22,29H,2,9,16-21H2,1H3. The van der Waals surface area contributed by atoms with Gasteiger partial charge in [0.05, 0.1) is 17.1 Å². The molecule has 1 saturated heterocycles. The molecule has 0 bridgehead atoms. The Morgan fingerprint density at radius 3 is 2.09 bits per heavy atom. The molecular weight excluding hydrogens is 440 g/mol. The van der Waals surface area contributed by atoms with Crippen molar-refractivity contribution in [1.29, 1.82) is 0 Å². The van der Waals surface area contributed by atoms with E-state index in [1.54, 1.807) is 0 Å². The summed E-state index contributed by atoms with van der Waals surface area (Å²) >= 11 is 6.18. The van der Waals surface area contributed by atoms with Crippen LogP contribution in [0.2, 0.25) is 5.02 Å². The van der Waals surface area contributed by atoms with Crippen LogP contribution >= 0.6 is 11.6 Å². The van der Waals surface area contributed by atoms with Gasteiger partial charge in [0.15, 0.2) is 0 Å². The SMILES string of the molecule is CCc1nc2cc(Cl)ccc2n1CCCN1CCN(C(c2ccccc2)c2ccccc2)CC1. The second-order valence-electron chi connectivity index (χ2n) is 9.12. The highest BCUT2D eigenvalue weighted by atomic mass is 35.5. The minimum Gasteiger partial charge on any atom is -0.328 e. The molecule has 1 aliphatic heterocycles. The van der Waals surface area contributed by atoms with Crippen molar-refractivity contribution >= 4 is 22.6 Å². The van der Waals surface area contributed by atoms with Crippen LogP contribution in [0.4, 0.5) is 0 Å². The lowest BCUT2D eigenvalue weighted by Gasteiger charge is -2.40. The molecule has 0 atom stereocenters. The first-order valence-electron chi connectivity index (χ1n) is 12.4. The zero-order valence-corrected chi connectivity index (χ0v) is 20.7. The van der Waals surface area contributed by atoms with Crippen molar-refractivity contribution in [3.8, 4) is 0 Å². The fraction of sp³-hybridized carbons (Fsp3) is 0.345. The summed E-state index contributed by atoms with van der Waals surface area (Å²) in [7, 11) is 0. The predicted molar refractivity (Wildman–Crippen MR) is 141 cm³/mol. The van der Waals surface area contributed by atoms with Crippen LogP contribution in [0.3, 0.4) is 0 Å². The summed E-state index contributed by atoms with van der Waals surface area (Å²) in [5.41, 5.74) is 4.95. The molecule has 0 aliphatic carbocycles. The first kappa shape index (κ1) is 23.1. The van der Waals surface area contributed by atoms with Gasteiger partial charge in [-0.1, -0.05) is 79.2 Å². The second-order valence-corrected chi connectivity index (χ2v) is 9.56. The van der Waals surface area contributed by atoms with E-state index in [1.165, 1.54) is 16.6 Å². The highest BCUT2D eigenvalue weighted by molar-refractivity contribution is 6.31. The van der Waals surface area contributed by atoms with E-state index < -0.39 is 0 Å². The van der Waals surface area contributed by atoms with Crippen molar-refractivity contribution in [2.45, 2.75) is 32.4 Å². The molecule has 2 heterocycles. The first-order chi connectivity index (χ1) is 16.7. The Kier molecular flexibility index (Phi) is 7.29. The van der Waals surface area contributed by atoms with Crippen LogP contribution in [0, 0.1) is 0 Å². The largest absolute Gasteiger partial charge is 0.328 e. The van der Waals surface area contributed by atoms with E-state index in [0.29, 0.717) is 6.04 Å². The number of nitrogens with zero attached hydrogens (tertiary/aromatic N) is 4. The van der Waals surface area contributed by atoms with Crippen molar-refractivity contribution in [2.75, 3.05) is 32.7 Å². The number of halogens is 1. The van der Waals surface area contributed by atoms with Crippen molar-refractivity contribution in [3.05, 3.63) is 101 Å². The van der Waals surface area contributed by atoms with Crippen molar-refractivity contribution in [1.82, 2.24) is 19.4 Å². The molecule has 5 heteroatoms. The Bertz CT molecular complexity index is 1160.